The molecule has 1 aromatic heterocycles. The van der Waals surface area contributed by atoms with Gasteiger partial charge in [-0.2, -0.15) is 4.98 Å². The minimum absolute atomic E-state index is 0.149. The van der Waals surface area contributed by atoms with Crippen molar-refractivity contribution in [3.8, 4) is 17.1 Å². The van der Waals surface area contributed by atoms with E-state index in [0.29, 0.717) is 24.5 Å². The van der Waals surface area contributed by atoms with Gasteiger partial charge in [-0.05, 0) is 36.4 Å². The van der Waals surface area contributed by atoms with Crippen molar-refractivity contribution in [1.82, 2.24) is 15.2 Å². The smallest absolute Gasteiger partial charge is 0.249 e. The lowest BCUT2D eigenvalue weighted by Gasteiger charge is -2.32. The number of aromatic nitrogens is 3. The van der Waals surface area contributed by atoms with Crippen molar-refractivity contribution in [2.45, 2.75) is 16.2 Å². The molecule has 0 saturated carbocycles. The summed E-state index contributed by atoms with van der Waals surface area (Å²) in [5.41, 5.74) is 3.00. The van der Waals surface area contributed by atoms with Crippen molar-refractivity contribution in [1.29, 1.82) is 0 Å². The third kappa shape index (κ3) is 3.92. The zero-order valence-electron chi connectivity index (χ0n) is 17.4. The molecular formula is C24H21N5O2S. The number of hydrogen-bond donors (Lipinski definition) is 2. The van der Waals surface area contributed by atoms with Crippen molar-refractivity contribution < 1.29 is 9.53 Å². The maximum atomic E-state index is 12.7. The molecule has 0 aliphatic carbocycles. The van der Waals surface area contributed by atoms with Crippen LogP contribution in [0, 0.1) is 0 Å². The van der Waals surface area contributed by atoms with Crippen molar-refractivity contribution in [2.24, 2.45) is 0 Å². The SMILES string of the molecule is COc1ccccc1-c1nc(NC(=O)CCN2c3ccccc3Sc3ccccc32)n[nH]1. The van der Waals surface area contributed by atoms with Gasteiger partial charge in [0.05, 0.1) is 24.0 Å². The van der Waals surface area contributed by atoms with Gasteiger partial charge in [0.25, 0.3) is 0 Å². The van der Waals surface area contributed by atoms with Crippen LogP contribution >= 0.6 is 11.8 Å². The van der Waals surface area contributed by atoms with Crippen LogP contribution in [0.15, 0.2) is 82.6 Å². The predicted octanol–water partition coefficient (Wildman–Crippen LogP) is 5.11. The Morgan fingerprint density at radius 3 is 2.38 bits per heavy atom. The molecular weight excluding hydrogens is 422 g/mol. The number of nitrogens with one attached hydrogen (secondary N) is 2. The second-order valence-electron chi connectivity index (χ2n) is 7.20. The number of ether oxygens (including phenoxy) is 1. The van der Waals surface area contributed by atoms with E-state index in [1.165, 1.54) is 9.79 Å². The summed E-state index contributed by atoms with van der Waals surface area (Å²) < 4.78 is 5.37. The fourth-order valence-corrected chi connectivity index (χ4v) is 4.80. The summed E-state index contributed by atoms with van der Waals surface area (Å²) in [5, 5.41) is 9.79. The maximum absolute atomic E-state index is 12.7. The van der Waals surface area contributed by atoms with Crippen molar-refractivity contribution in [2.75, 3.05) is 23.9 Å². The average Bonchev–Trinajstić information content (AvgIpc) is 3.29. The first-order valence-corrected chi connectivity index (χ1v) is 11.0. The number of carbonyl (C=O) groups is 1. The Balaban J connectivity index is 1.29. The highest BCUT2D eigenvalue weighted by Gasteiger charge is 2.23. The van der Waals surface area contributed by atoms with Crippen molar-refractivity contribution in [3.63, 3.8) is 0 Å². The first kappa shape index (κ1) is 20.1. The Bertz CT molecular complexity index is 1230. The molecule has 0 unspecified atom stereocenters. The zero-order valence-corrected chi connectivity index (χ0v) is 18.2. The van der Waals surface area contributed by atoms with Crippen LogP contribution in [-0.2, 0) is 4.79 Å². The van der Waals surface area contributed by atoms with E-state index in [9.17, 15) is 4.79 Å². The van der Waals surface area contributed by atoms with Crippen molar-refractivity contribution in [3.05, 3.63) is 72.8 Å². The summed E-state index contributed by atoms with van der Waals surface area (Å²) in [6.07, 6.45) is 0.297. The minimum atomic E-state index is -0.149. The fraction of sp³-hybridized carbons (Fsp3) is 0.125. The average molecular weight is 444 g/mol. The van der Waals surface area contributed by atoms with Crippen LogP contribution in [-0.4, -0.2) is 34.7 Å². The molecule has 0 bridgehead atoms. The molecule has 0 atom stereocenters. The van der Waals surface area contributed by atoms with Gasteiger partial charge < -0.3 is 9.64 Å². The van der Waals surface area contributed by atoms with Crippen LogP contribution < -0.4 is 15.0 Å². The molecule has 2 N–H and O–H groups in total. The van der Waals surface area contributed by atoms with Crippen LogP contribution in [0.25, 0.3) is 11.4 Å². The second kappa shape index (κ2) is 8.76. The Morgan fingerprint density at radius 1 is 1.00 bits per heavy atom. The Hall–Kier alpha value is -3.78. The molecule has 5 rings (SSSR count). The fourth-order valence-electron chi connectivity index (χ4n) is 3.70. The van der Waals surface area contributed by atoms with E-state index in [-0.39, 0.29) is 11.9 Å². The molecule has 0 saturated heterocycles. The van der Waals surface area contributed by atoms with Gasteiger partial charge in [0, 0.05) is 22.8 Å². The van der Waals surface area contributed by atoms with Crippen LogP contribution in [0.1, 0.15) is 6.42 Å². The number of fused-ring (bicyclic) bond motifs is 2. The topological polar surface area (TPSA) is 83.1 Å². The van der Waals surface area contributed by atoms with Gasteiger partial charge in [0.15, 0.2) is 5.82 Å². The maximum Gasteiger partial charge on any atom is 0.249 e. The number of anilines is 3. The summed E-state index contributed by atoms with van der Waals surface area (Å²) in [6.45, 7) is 0.546. The Labute approximate surface area is 189 Å². The third-order valence-electron chi connectivity index (χ3n) is 5.19. The summed E-state index contributed by atoms with van der Waals surface area (Å²) in [6, 6.07) is 24.0. The Morgan fingerprint density at radius 2 is 1.66 bits per heavy atom. The molecule has 0 spiro atoms. The molecule has 0 fully saturated rings. The van der Waals surface area contributed by atoms with Gasteiger partial charge in [0.1, 0.15) is 5.75 Å². The lowest BCUT2D eigenvalue weighted by Crippen LogP contribution is -2.26. The number of amides is 1. The molecule has 160 valence electrons. The minimum Gasteiger partial charge on any atom is -0.496 e. The van der Waals surface area contributed by atoms with E-state index in [0.717, 1.165) is 16.9 Å². The normalized spacial score (nSPS) is 12.1. The van der Waals surface area contributed by atoms with Crippen LogP contribution in [0.2, 0.25) is 0 Å². The molecule has 2 heterocycles. The number of hydrogen-bond acceptors (Lipinski definition) is 6. The van der Waals surface area contributed by atoms with E-state index < -0.39 is 0 Å². The zero-order chi connectivity index (χ0) is 21.9. The van der Waals surface area contributed by atoms with E-state index in [1.807, 2.05) is 48.5 Å². The number of methoxy groups -OCH3 is 1. The van der Waals surface area contributed by atoms with E-state index in [2.05, 4.69) is 49.7 Å². The number of benzene rings is 3. The monoisotopic (exact) mass is 443 g/mol. The lowest BCUT2D eigenvalue weighted by atomic mass is 10.2. The highest BCUT2D eigenvalue weighted by atomic mass is 32.2. The number of rotatable bonds is 6. The molecule has 1 aliphatic heterocycles. The van der Waals surface area contributed by atoms with Gasteiger partial charge in [-0.25, -0.2) is 0 Å². The largest absolute Gasteiger partial charge is 0.496 e. The quantitative estimate of drug-likeness (QED) is 0.431. The first-order chi connectivity index (χ1) is 15.7. The van der Waals surface area contributed by atoms with E-state index in [4.69, 9.17) is 4.74 Å². The summed E-state index contributed by atoms with van der Waals surface area (Å²) in [5.74, 6) is 1.31. The number of H-pyrrole nitrogens is 1. The first-order valence-electron chi connectivity index (χ1n) is 10.2. The summed E-state index contributed by atoms with van der Waals surface area (Å²) in [4.78, 5) is 21.6. The van der Waals surface area contributed by atoms with Gasteiger partial charge in [-0.1, -0.05) is 48.2 Å². The number of aromatic amines is 1. The number of nitrogens with zero attached hydrogens (tertiary/aromatic N) is 3. The van der Waals surface area contributed by atoms with Crippen molar-refractivity contribution >= 4 is 35.0 Å². The molecule has 0 radical (unpaired) electrons. The third-order valence-corrected chi connectivity index (χ3v) is 6.32. The Kier molecular flexibility index (Phi) is 5.51. The molecule has 1 amide bonds. The van der Waals surface area contributed by atoms with E-state index in [1.54, 1.807) is 18.9 Å². The summed E-state index contributed by atoms with van der Waals surface area (Å²) >= 11 is 1.75. The number of para-hydroxylation sites is 3. The van der Waals surface area contributed by atoms with Gasteiger partial charge in [-0.15, -0.1) is 5.10 Å². The second-order valence-corrected chi connectivity index (χ2v) is 8.28. The summed E-state index contributed by atoms with van der Waals surface area (Å²) in [7, 11) is 1.60. The molecule has 8 heteroatoms. The molecule has 1 aliphatic rings. The molecule has 3 aromatic carbocycles. The molecule has 32 heavy (non-hydrogen) atoms. The van der Waals surface area contributed by atoms with Gasteiger partial charge in [0.2, 0.25) is 11.9 Å². The highest BCUT2D eigenvalue weighted by Crippen LogP contribution is 2.47. The highest BCUT2D eigenvalue weighted by molar-refractivity contribution is 7.99. The molecule has 7 nitrogen and oxygen atoms in total. The van der Waals surface area contributed by atoms with Gasteiger partial charge in [-0.3, -0.25) is 15.2 Å². The van der Waals surface area contributed by atoms with Crippen LogP contribution in [0.5, 0.6) is 5.75 Å². The van der Waals surface area contributed by atoms with Crippen LogP contribution in [0.3, 0.4) is 0 Å². The number of carbonyl (C=O) groups excluding carboxylic acids is 1. The van der Waals surface area contributed by atoms with Crippen LogP contribution in [0.4, 0.5) is 17.3 Å². The van der Waals surface area contributed by atoms with E-state index >= 15 is 0 Å². The molecule has 4 aromatic rings. The predicted molar refractivity (Wildman–Crippen MR) is 126 cm³/mol. The van der Waals surface area contributed by atoms with Gasteiger partial charge >= 0.3 is 0 Å². The lowest BCUT2D eigenvalue weighted by molar-refractivity contribution is -0.116. The standard InChI is InChI=1S/C24H21N5O2S/c1-31-19-11-5-2-8-16(19)23-26-24(28-27-23)25-22(30)14-15-29-17-9-3-6-12-20(17)32-21-13-7-4-10-18(21)29/h2-13H,14-15H2,1H3,(H2,25,26,27,28,30).